The number of rotatable bonds is 19. The number of hydrogen-bond acceptors (Lipinski definition) is 14. The molecule has 68 heavy (non-hydrogen) atoms. The number of aryl methyl sites for hydroxylation is 1. The topological polar surface area (TPSA) is 226 Å². The molecule has 7 rings (SSSR count). The average molecular weight is 927 g/mol. The van der Waals surface area contributed by atoms with Crippen LogP contribution in [0.15, 0.2) is 79.6 Å². The average Bonchev–Trinajstić information content (AvgIpc) is 3.78. The first-order chi connectivity index (χ1) is 32.6. The van der Waals surface area contributed by atoms with Gasteiger partial charge in [-0.3, -0.25) is 39.0 Å². The van der Waals surface area contributed by atoms with Crippen molar-refractivity contribution in [1.82, 2.24) is 29.7 Å². The Hall–Kier alpha value is -7.93. The lowest BCUT2D eigenvalue weighted by Gasteiger charge is -2.27. The highest BCUT2D eigenvalue weighted by Crippen LogP contribution is 2.39. The van der Waals surface area contributed by atoms with Crippen molar-refractivity contribution >= 4 is 81.0 Å². The molecule has 0 bridgehead atoms. The number of carbonyl (C=O) groups excluding carboxylic acids is 7. The van der Waals surface area contributed by atoms with Gasteiger partial charge in [0.05, 0.1) is 52.8 Å². The number of amides is 6. The van der Waals surface area contributed by atoms with Crippen molar-refractivity contribution in [3.05, 3.63) is 96.3 Å². The minimum atomic E-state index is -1.11. The number of fused-ring (bicyclic) bond motifs is 2. The molecule has 1 unspecified atom stereocenters. The number of nitrogens with zero attached hydrogens (tertiary/aromatic N) is 6. The van der Waals surface area contributed by atoms with Gasteiger partial charge in [0.15, 0.2) is 0 Å². The van der Waals surface area contributed by atoms with E-state index in [1.54, 1.807) is 38.1 Å². The number of nitrogens with one attached hydrogen (secondary N) is 4. The number of para-hydroxylation sites is 1. The summed E-state index contributed by atoms with van der Waals surface area (Å²) in [4.78, 5) is 104. The molecule has 1 saturated heterocycles. The number of benzene rings is 3. The van der Waals surface area contributed by atoms with Crippen LogP contribution < -0.4 is 30.9 Å². The Bertz CT molecular complexity index is 2840. The Kier molecular flexibility index (Phi) is 14.6. The Morgan fingerprint density at radius 2 is 1.72 bits per heavy atom. The van der Waals surface area contributed by atoms with Crippen LogP contribution in [0.2, 0.25) is 0 Å². The van der Waals surface area contributed by atoms with Gasteiger partial charge in [-0.2, -0.15) is 0 Å². The van der Waals surface area contributed by atoms with Crippen LogP contribution in [0.5, 0.6) is 5.75 Å². The second-order valence-electron chi connectivity index (χ2n) is 16.9. The molecule has 19 nitrogen and oxygen atoms in total. The van der Waals surface area contributed by atoms with Crippen LogP contribution in [0, 0.1) is 0 Å². The lowest BCUT2D eigenvalue weighted by Crippen LogP contribution is -2.54. The molecule has 0 saturated carbocycles. The monoisotopic (exact) mass is 926 g/mol. The van der Waals surface area contributed by atoms with Gasteiger partial charge in [0.1, 0.15) is 17.4 Å². The van der Waals surface area contributed by atoms with Crippen LogP contribution in [0.4, 0.5) is 28.7 Å². The van der Waals surface area contributed by atoms with Crippen LogP contribution in [0.1, 0.15) is 77.0 Å². The fraction of sp³-hybridized carbons (Fsp3) is 0.327. The van der Waals surface area contributed by atoms with Gasteiger partial charge in [-0.1, -0.05) is 30.8 Å². The standard InChI is InChI=1S/C49H54N10O9/c1-8-40(60)52-34-24-35(53-49-50-26-31(48(66)68-28(2)3)44(55-49)32-27-58(6)36-17-10-9-14-29(32)36)39(67-7)25-38(34)57(5)23-22-56(4)21-12-11-18-41(61)51-33-16-13-15-30-43(33)47(65)59(46(30)64)37-19-20-42(62)54-45(37)63/h8-10,13-17,24-28,37H,1,11-12,18-23H2,2-7H3,(H,51,61)(H,52,60)(H,50,53,55)(H,54,62,63). The maximum absolute atomic E-state index is 13.4. The summed E-state index contributed by atoms with van der Waals surface area (Å²) in [5.41, 5.74) is 4.09. The summed E-state index contributed by atoms with van der Waals surface area (Å²) in [6, 6.07) is 14.8. The van der Waals surface area contributed by atoms with Gasteiger partial charge in [-0.15, -0.1) is 0 Å². The molecule has 19 heteroatoms. The SMILES string of the molecule is C=CC(=O)Nc1cc(Nc2ncc(C(=O)OC(C)C)c(-c3cn(C)c4ccccc34)n2)c(OC)cc1N(C)CCN(C)CCCCC(=O)Nc1cccc2c1C(=O)N(C1CCC(=O)NC1=O)C2=O. The van der Waals surface area contributed by atoms with Crippen LogP contribution in [0.25, 0.3) is 22.2 Å². The van der Waals surface area contributed by atoms with Crippen molar-refractivity contribution in [2.24, 2.45) is 7.05 Å². The van der Waals surface area contributed by atoms with Crippen LogP contribution in [-0.2, 0) is 31.0 Å². The summed E-state index contributed by atoms with van der Waals surface area (Å²) in [5.74, 6) is -3.24. The summed E-state index contributed by atoms with van der Waals surface area (Å²) in [5, 5.41) is 12.0. The predicted molar refractivity (Wildman–Crippen MR) is 256 cm³/mol. The van der Waals surface area contributed by atoms with Crippen molar-refractivity contribution in [2.45, 2.75) is 58.1 Å². The zero-order valence-electron chi connectivity index (χ0n) is 38.8. The summed E-state index contributed by atoms with van der Waals surface area (Å²) in [7, 11) is 7.30. The van der Waals surface area contributed by atoms with Crippen molar-refractivity contribution in [3.8, 4) is 17.0 Å². The van der Waals surface area contributed by atoms with E-state index in [1.165, 1.54) is 25.4 Å². The van der Waals surface area contributed by atoms with Gasteiger partial charge < -0.3 is 39.8 Å². The molecule has 1 fully saturated rings. The molecule has 0 aliphatic carbocycles. The van der Waals surface area contributed by atoms with Crippen molar-refractivity contribution in [2.75, 3.05) is 61.7 Å². The van der Waals surface area contributed by atoms with E-state index in [2.05, 4.69) is 37.7 Å². The first-order valence-electron chi connectivity index (χ1n) is 22.2. The third kappa shape index (κ3) is 10.4. The minimum Gasteiger partial charge on any atom is -0.494 e. The molecule has 2 aliphatic heterocycles. The molecular weight excluding hydrogens is 873 g/mol. The van der Waals surface area contributed by atoms with E-state index in [9.17, 15) is 33.6 Å². The van der Waals surface area contributed by atoms with Crippen LogP contribution in [-0.4, -0.2) is 119 Å². The molecule has 5 aromatic rings. The van der Waals surface area contributed by atoms with Crippen LogP contribution in [0.3, 0.4) is 0 Å². The largest absolute Gasteiger partial charge is 0.494 e. The van der Waals surface area contributed by atoms with Crippen molar-refractivity contribution in [1.29, 1.82) is 0 Å². The lowest BCUT2D eigenvalue weighted by atomic mass is 10.0. The highest BCUT2D eigenvalue weighted by atomic mass is 16.5. The van der Waals surface area contributed by atoms with Gasteiger partial charge in [-0.25, -0.2) is 14.8 Å². The van der Waals surface area contributed by atoms with E-state index in [-0.39, 0.29) is 59.6 Å². The summed E-state index contributed by atoms with van der Waals surface area (Å²) >= 11 is 0. The van der Waals surface area contributed by atoms with Gasteiger partial charge in [-0.05, 0) is 77.0 Å². The smallest absolute Gasteiger partial charge is 0.342 e. The highest BCUT2D eigenvalue weighted by molar-refractivity contribution is 6.26. The quantitative estimate of drug-likeness (QED) is 0.0340. The number of likely N-dealkylation sites (N-methyl/N-ethyl adjacent to an activating group) is 2. The second kappa shape index (κ2) is 20.7. The van der Waals surface area contributed by atoms with Crippen molar-refractivity contribution < 1.29 is 43.0 Å². The van der Waals surface area contributed by atoms with Gasteiger partial charge in [0.2, 0.25) is 29.6 Å². The summed E-state index contributed by atoms with van der Waals surface area (Å²) < 4.78 is 13.4. The Morgan fingerprint density at radius 3 is 2.46 bits per heavy atom. The van der Waals surface area contributed by atoms with E-state index >= 15 is 0 Å². The molecule has 4 heterocycles. The molecule has 4 N–H and O–H groups in total. The molecule has 2 aromatic heterocycles. The Balaban J connectivity index is 0.985. The van der Waals surface area contributed by atoms with Gasteiger partial charge in [0.25, 0.3) is 11.8 Å². The maximum atomic E-state index is 13.4. The summed E-state index contributed by atoms with van der Waals surface area (Å²) in [6.45, 7) is 8.98. The second-order valence-corrected chi connectivity index (χ2v) is 16.9. The van der Waals surface area contributed by atoms with Gasteiger partial charge >= 0.3 is 5.97 Å². The molecule has 354 valence electrons. The summed E-state index contributed by atoms with van der Waals surface area (Å²) in [6.07, 6.45) is 5.56. The van der Waals surface area contributed by atoms with E-state index in [0.717, 1.165) is 21.4 Å². The van der Waals surface area contributed by atoms with E-state index in [4.69, 9.17) is 14.5 Å². The fourth-order valence-corrected chi connectivity index (χ4v) is 8.21. The molecule has 0 spiro atoms. The number of esters is 1. The third-order valence-electron chi connectivity index (χ3n) is 11.7. The number of anilines is 5. The maximum Gasteiger partial charge on any atom is 0.342 e. The first-order valence-corrected chi connectivity index (χ1v) is 22.2. The number of imide groups is 2. The zero-order valence-corrected chi connectivity index (χ0v) is 38.8. The normalized spacial score (nSPS) is 14.5. The molecule has 2 aliphatic rings. The van der Waals surface area contributed by atoms with Gasteiger partial charge in [0, 0.05) is 75.0 Å². The number of aromatic nitrogens is 3. The molecule has 3 aromatic carbocycles. The number of ether oxygens (including phenoxy) is 2. The zero-order chi connectivity index (χ0) is 48.8. The van der Waals surface area contributed by atoms with Crippen LogP contribution >= 0.6 is 0 Å². The molecule has 6 amide bonds. The highest BCUT2D eigenvalue weighted by Gasteiger charge is 2.45. The Labute approximate surface area is 392 Å². The third-order valence-corrected chi connectivity index (χ3v) is 11.7. The van der Waals surface area contributed by atoms with E-state index < -0.39 is 41.5 Å². The number of methoxy groups -OCH3 is 1. The first kappa shape index (κ1) is 48.0. The number of carbonyl (C=O) groups is 7. The van der Waals surface area contributed by atoms with E-state index in [0.29, 0.717) is 61.0 Å². The predicted octanol–water partition coefficient (Wildman–Crippen LogP) is 5.66. The number of piperidine rings is 1. The number of unbranched alkanes of at least 4 members (excludes halogenated alkanes) is 1. The molecule has 0 radical (unpaired) electrons. The number of hydrogen-bond donors (Lipinski definition) is 4. The molecule has 1 atom stereocenters. The van der Waals surface area contributed by atoms with E-state index in [1.807, 2.05) is 61.1 Å². The lowest BCUT2D eigenvalue weighted by molar-refractivity contribution is -0.136. The fourth-order valence-electron chi connectivity index (χ4n) is 8.21. The van der Waals surface area contributed by atoms with Crippen molar-refractivity contribution in [3.63, 3.8) is 0 Å². The minimum absolute atomic E-state index is 0.00217. The Morgan fingerprint density at radius 1 is 0.941 bits per heavy atom. The molecular formula is C49H54N10O9.